The Labute approximate surface area is 81.1 Å². The van der Waals surface area contributed by atoms with E-state index in [4.69, 9.17) is 0 Å². The molecule has 1 N–H and O–H groups in total. The van der Waals surface area contributed by atoms with Crippen LogP contribution in [0.4, 0.5) is 11.6 Å². The molecule has 6 nitrogen and oxygen atoms in total. The van der Waals surface area contributed by atoms with Crippen molar-refractivity contribution in [3.63, 3.8) is 0 Å². The van der Waals surface area contributed by atoms with Crippen molar-refractivity contribution in [3.8, 4) is 11.8 Å². The van der Waals surface area contributed by atoms with Gasteiger partial charge in [-0.25, -0.2) is 0 Å². The highest BCUT2D eigenvalue weighted by molar-refractivity contribution is 5.52. The van der Waals surface area contributed by atoms with Gasteiger partial charge in [-0.1, -0.05) is 5.92 Å². The number of hydrogen-bond donors (Lipinski definition) is 1. The molecule has 0 saturated heterocycles. The largest absolute Gasteiger partial charge is 0.406 e. The second kappa shape index (κ2) is 4.28. The van der Waals surface area contributed by atoms with Crippen molar-refractivity contribution in [1.29, 1.82) is 0 Å². The molecular formula is C8H10N4O2. The fraction of sp³-hybridized carbons (Fsp3) is 0.375. The van der Waals surface area contributed by atoms with Crippen molar-refractivity contribution in [2.75, 3.05) is 11.9 Å². The average Bonchev–Trinajstić information content (AvgIpc) is 2.48. The Morgan fingerprint density at radius 1 is 1.79 bits per heavy atom. The highest BCUT2D eigenvalue weighted by Crippen LogP contribution is 2.20. The molecule has 6 heteroatoms. The van der Waals surface area contributed by atoms with E-state index in [0.717, 1.165) is 0 Å². The first kappa shape index (κ1) is 10.1. The van der Waals surface area contributed by atoms with Gasteiger partial charge in [0.1, 0.15) is 0 Å². The molecule has 0 aliphatic carbocycles. The summed E-state index contributed by atoms with van der Waals surface area (Å²) in [7, 11) is 1.68. The topological polar surface area (TPSA) is 73.0 Å². The maximum atomic E-state index is 10.5. The molecule has 0 saturated carbocycles. The minimum Gasteiger partial charge on any atom is -0.358 e. The van der Waals surface area contributed by atoms with Gasteiger partial charge in [-0.3, -0.25) is 4.57 Å². The Morgan fingerprint density at radius 2 is 2.50 bits per heavy atom. The van der Waals surface area contributed by atoms with E-state index in [0.29, 0.717) is 12.4 Å². The van der Waals surface area contributed by atoms with Gasteiger partial charge in [0, 0.05) is 7.05 Å². The lowest BCUT2D eigenvalue weighted by Crippen LogP contribution is -2.05. The van der Waals surface area contributed by atoms with E-state index in [-0.39, 0.29) is 5.82 Å². The lowest BCUT2D eigenvalue weighted by molar-refractivity contribution is -0.388. The maximum Gasteiger partial charge on any atom is 0.406 e. The molecule has 0 radical (unpaired) electrons. The Kier molecular flexibility index (Phi) is 3.07. The van der Waals surface area contributed by atoms with E-state index in [1.807, 2.05) is 0 Å². The molecule has 1 heterocycles. The minimum atomic E-state index is -0.526. The fourth-order valence-corrected chi connectivity index (χ4v) is 0.972. The van der Waals surface area contributed by atoms with Crippen LogP contribution in [0.2, 0.25) is 0 Å². The molecule has 0 aromatic carbocycles. The Balaban J connectivity index is 2.86. The van der Waals surface area contributed by atoms with Crippen molar-refractivity contribution >= 4 is 11.6 Å². The van der Waals surface area contributed by atoms with Crippen LogP contribution in [0.25, 0.3) is 0 Å². The second-order valence-corrected chi connectivity index (χ2v) is 2.57. The van der Waals surface area contributed by atoms with Crippen molar-refractivity contribution in [3.05, 3.63) is 16.4 Å². The van der Waals surface area contributed by atoms with Crippen LogP contribution in [-0.4, -0.2) is 21.0 Å². The third kappa shape index (κ3) is 2.01. The zero-order valence-corrected chi connectivity index (χ0v) is 7.94. The molecule has 0 aliphatic heterocycles. The molecule has 1 aromatic heterocycles. The van der Waals surface area contributed by atoms with Crippen LogP contribution in [-0.2, 0) is 7.05 Å². The monoisotopic (exact) mass is 194 g/mol. The van der Waals surface area contributed by atoms with E-state index >= 15 is 0 Å². The highest BCUT2D eigenvalue weighted by atomic mass is 16.6. The number of nitrogens with one attached hydrogen (secondary N) is 1. The van der Waals surface area contributed by atoms with Crippen molar-refractivity contribution < 1.29 is 4.92 Å². The van der Waals surface area contributed by atoms with Crippen LogP contribution in [0.3, 0.4) is 0 Å². The zero-order chi connectivity index (χ0) is 10.6. The predicted octanol–water partition coefficient (Wildman–Crippen LogP) is 0.763. The highest BCUT2D eigenvalue weighted by Gasteiger charge is 2.18. The summed E-state index contributed by atoms with van der Waals surface area (Å²) < 4.78 is 1.55. The molecule has 14 heavy (non-hydrogen) atoms. The van der Waals surface area contributed by atoms with Gasteiger partial charge in [0.2, 0.25) is 12.1 Å². The van der Waals surface area contributed by atoms with E-state index in [1.165, 1.54) is 6.33 Å². The van der Waals surface area contributed by atoms with Crippen LogP contribution in [0.1, 0.15) is 6.92 Å². The summed E-state index contributed by atoms with van der Waals surface area (Å²) in [5.74, 6) is 5.64. The van der Waals surface area contributed by atoms with Gasteiger partial charge in [0.25, 0.3) is 0 Å². The standard InChI is InChI=1S/C8H10N4O2/c1-3-4-5-9-7-8(12(13)14)10-6-11(7)2/h6,9H,5H2,1-2H3. The molecular weight excluding hydrogens is 184 g/mol. The van der Waals surface area contributed by atoms with Gasteiger partial charge in [0.15, 0.2) is 0 Å². The third-order valence-corrected chi connectivity index (χ3v) is 1.61. The second-order valence-electron chi connectivity index (χ2n) is 2.57. The maximum absolute atomic E-state index is 10.5. The summed E-state index contributed by atoms with van der Waals surface area (Å²) in [6, 6.07) is 0. The van der Waals surface area contributed by atoms with Gasteiger partial charge in [-0.2, -0.15) is 0 Å². The quantitative estimate of drug-likeness (QED) is 0.438. The smallest absolute Gasteiger partial charge is 0.358 e. The van der Waals surface area contributed by atoms with Crippen molar-refractivity contribution in [2.24, 2.45) is 7.05 Å². The molecule has 0 unspecified atom stereocenters. The first-order valence-corrected chi connectivity index (χ1v) is 3.96. The fourth-order valence-electron chi connectivity index (χ4n) is 0.972. The Morgan fingerprint density at radius 3 is 3.07 bits per heavy atom. The first-order valence-electron chi connectivity index (χ1n) is 3.96. The predicted molar refractivity (Wildman–Crippen MR) is 51.8 cm³/mol. The molecule has 1 aromatic rings. The summed E-state index contributed by atoms with van der Waals surface area (Å²) in [6.07, 6.45) is 1.39. The number of aromatic nitrogens is 2. The van der Waals surface area contributed by atoms with E-state index in [2.05, 4.69) is 22.1 Å². The van der Waals surface area contributed by atoms with Gasteiger partial charge in [0.05, 0.1) is 6.54 Å². The van der Waals surface area contributed by atoms with Crippen LogP contribution < -0.4 is 5.32 Å². The molecule has 1 rings (SSSR count). The van der Waals surface area contributed by atoms with Crippen molar-refractivity contribution in [2.45, 2.75) is 6.92 Å². The van der Waals surface area contributed by atoms with E-state index < -0.39 is 4.92 Å². The molecule has 0 atom stereocenters. The molecule has 0 fully saturated rings. The summed E-state index contributed by atoms with van der Waals surface area (Å²) in [5, 5.41) is 13.4. The number of nitrogens with zero attached hydrogens (tertiary/aromatic N) is 3. The van der Waals surface area contributed by atoms with Gasteiger partial charge in [-0.05, 0) is 16.8 Å². The number of anilines is 1. The van der Waals surface area contributed by atoms with Crippen molar-refractivity contribution in [1.82, 2.24) is 9.55 Å². The Bertz CT molecular complexity index is 399. The van der Waals surface area contributed by atoms with Crippen LogP contribution >= 0.6 is 0 Å². The van der Waals surface area contributed by atoms with Gasteiger partial charge in [-0.15, -0.1) is 5.92 Å². The number of rotatable bonds is 3. The Hall–Kier alpha value is -2.03. The molecule has 0 aliphatic rings. The summed E-state index contributed by atoms with van der Waals surface area (Å²) in [5.41, 5.74) is 0. The SMILES string of the molecule is CC#CCNc1c([N+](=O)[O-])ncn1C. The molecule has 74 valence electrons. The normalized spacial score (nSPS) is 9.00. The van der Waals surface area contributed by atoms with Crippen LogP contribution in [0, 0.1) is 22.0 Å². The van der Waals surface area contributed by atoms with Gasteiger partial charge >= 0.3 is 5.82 Å². The average molecular weight is 194 g/mol. The van der Waals surface area contributed by atoms with Crippen LogP contribution in [0.15, 0.2) is 6.33 Å². The summed E-state index contributed by atoms with van der Waals surface area (Å²) >= 11 is 0. The molecule has 0 bridgehead atoms. The lowest BCUT2D eigenvalue weighted by Gasteiger charge is -2.01. The number of imidazole rings is 1. The third-order valence-electron chi connectivity index (χ3n) is 1.61. The summed E-state index contributed by atoms with van der Waals surface area (Å²) in [6.45, 7) is 2.08. The zero-order valence-electron chi connectivity index (χ0n) is 7.94. The van der Waals surface area contributed by atoms with E-state index in [9.17, 15) is 10.1 Å². The number of aryl methyl sites for hydroxylation is 1. The summed E-state index contributed by atoms with van der Waals surface area (Å²) in [4.78, 5) is 13.6. The number of hydrogen-bond acceptors (Lipinski definition) is 4. The van der Waals surface area contributed by atoms with E-state index in [1.54, 1.807) is 18.5 Å². The minimum absolute atomic E-state index is 0.176. The van der Waals surface area contributed by atoms with Crippen LogP contribution in [0.5, 0.6) is 0 Å². The lowest BCUT2D eigenvalue weighted by atomic mass is 10.5. The molecule has 0 amide bonds. The number of nitro groups is 1. The molecule has 0 spiro atoms. The van der Waals surface area contributed by atoms with Gasteiger partial charge < -0.3 is 15.4 Å². The first-order chi connectivity index (χ1) is 6.66.